The molecular formula is C101H127Cl2N9O10. The highest BCUT2D eigenvalue weighted by molar-refractivity contribution is 6.30. The van der Waals surface area contributed by atoms with Crippen molar-refractivity contribution in [3.63, 3.8) is 0 Å². The molecule has 0 bridgehead atoms. The SMILES string of the molecule is C.C.CCCCCC(=O)Cc1cccc(CN(Cc2cc(CN(Cc3ccccn3)Cc3cccc(NC(=O)CCCCC)n3)cc(OCCCCN(Cc3ccc(C(=O)CCCOCCOCCN(Cc4ccc(C(=O)OC)cc4)C(=O)C4(c5ccc(Cl)cc5)CCCCC4)cc3)C(=O)C3(c4ccc(Cl)cc4)CCCCC3)c2)Cc2ccccn2)n1. The predicted octanol–water partition coefficient (Wildman–Crippen LogP) is 21.3. The zero-order valence-corrected chi connectivity index (χ0v) is 71.9. The van der Waals surface area contributed by atoms with Gasteiger partial charge in [-0.15, -0.1) is 0 Å². The largest absolute Gasteiger partial charge is 0.494 e. The molecule has 9 aromatic rings. The quantitative estimate of drug-likeness (QED) is 0.0213. The summed E-state index contributed by atoms with van der Waals surface area (Å²) < 4.78 is 23.9. The summed E-state index contributed by atoms with van der Waals surface area (Å²) in [7, 11) is 1.35. The molecule has 122 heavy (non-hydrogen) atoms. The zero-order chi connectivity index (χ0) is 84.2. The van der Waals surface area contributed by atoms with Crippen LogP contribution in [0.25, 0.3) is 0 Å². The van der Waals surface area contributed by atoms with Gasteiger partial charge in [-0.25, -0.2) is 9.78 Å². The zero-order valence-electron chi connectivity index (χ0n) is 70.3. The van der Waals surface area contributed by atoms with E-state index in [0.29, 0.717) is 163 Å². The summed E-state index contributed by atoms with van der Waals surface area (Å²) in [6.07, 6.45) is 21.6. The Hall–Kier alpha value is -9.86. The predicted molar refractivity (Wildman–Crippen MR) is 486 cm³/mol. The van der Waals surface area contributed by atoms with E-state index in [-0.39, 0.29) is 57.2 Å². The molecule has 4 aromatic heterocycles. The number of hydrogen-bond acceptors (Lipinski definition) is 16. The van der Waals surface area contributed by atoms with Crippen molar-refractivity contribution in [3.05, 3.63) is 283 Å². The molecule has 2 saturated carbocycles. The van der Waals surface area contributed by atoms with Gasteiger partial charge in [0.05, 0.1) is 72.7 Å². The summed E-state index contributed by atoms with van der Waals surface area (Å²) in [6.45, 7) is 10.5. The first-order valence-corrected chi connectivity index (χ1v) is 44.1. The van der Waals surface area contributed by atoms with Gasteiger partial charge in [-0.05, 0) is 188 Å². The Kier molecular flexibility index (Phi) is 39.8. The van der Waals surface area contributed by atoms with Crippen molar-refractivity contribution >= 4 is 64.3 Å². The van der Waals surface area contributed by atoms with Gasteiger partial charge in [0.15, 0.2) is 5.78 Å². The van der Waals surface area contributed by atoms with Gasteiger partial charge in [0, 0.05) is 131 Å². The van der Waals surface area contributed by atoms with Crippen LogP contribution in [0.15, 0.2) is 200 Å². The maximum absolute atomic E-state index is 15.7. The molecule has 3 amide bonds. The van der Waals surface area contributed by atoms with Gasteiger partial charge in [-0.1, -0.05) is 207 Å². The van der Waals surface area contributed by atoms with Crippen molar-refractivity contribution in [1.29, 1.82) is 0 Å². The third-order valence-corrected chi connectivity index (χ3v) is 23.4. The number of carbonyl (C=O) groups is 6. The summed E-state index contributed by atoms with van der Waals surface area (Å²) in [5, 5.41) is 4.27. The molecule has 4 heterocycles. The Morgan fingerprint density at radius 3 is 1.45 bits per heavy atom. The maximum atomic E-state index is 15.7. The normalized spacial score (nSPS) is 13.5. The molecule has 0 unspecified atom stereocenters. The minimum absolute atomic E-state index is 0. The van der Waals surface area contributed by atoms with Crippen LogP contribution in [0.1, 0.15) is 253 Å². The Labute approximate surface area is 734 Å². The molecule has 11 rings (SSSR count). The van der Waals surface area contributed by atoms with Crippen LogP contribution in [0.2, 0.25) is 10.0 Å². The second-order valence-electron chi connectivity index (χ2n) is 32.2. The molecule has 2 aliphatic rings. The molecule has 0 spiro atoms. The number of amides is 3. The number of aromatic nitrogens is 4. The molecule has 2 aliphatic carbocycles. The van der Waals surface area contributed by atoms with Crippen LogP contribution >= 0.6 is 23.2 Å². The summed E-state index contributed by atoms with van der Waals surface area (Å²) in [4.78, 5) is 111. The van der Waals surface area contributed by atoms with Gasteiger partial charge in [0.2, 0.25) is 17.7 Å². The third-order valence-electron chi connectivity index (χ3n) is 22.9. The highest BCUT2D eigenvalue weighted by Gasteiger charge is 2.45. The van der Waals surface area contributed by atoms with Crippen LogP contribution in [0, 0.1) is 0 Å². The number of ether oxygens (including phenoxy) is 4. The maximum Gasteiger partial charge on any atom is 0.337 e. The first kappa shape index (κ1) is 96.0. The van der Waals surface area contributed by atoms with Gasteiger partial charge < -0.3 is 34.1 Å². The van der Waals surface area contributed by atoms with E-state index in [9.17, 15) is 24.0 Å². The second kappa shape index (κ2) is 50.7. The number of nitrogens with one attached hydrogen (secondary N) is 1. The number of carbonyl (C=O) groups excluding carboxylic acids is 6. The highest BCUT2D eigenvalue weighted by atomic mass is 35.5. The molecule has 1 N–H and O–H groups in total. The topological polar surface area (TPSA) is 216 Å². The summed E-state index contributed by atoms with van der Waals surface area (Å²) in [5.41, 5.74) is 9.60. The number of ketones is 2. The minimum Gasteiger partial charge on any atom is -0.494 e. The smallest absolute Gasteiger partial charge is 0.337 e. The van der Waals surface area contributed by atoms with Crippen LogP contribution in [0.4, 0.5) is 5.82 Å². The molecule has 21 heteroatoms. The fourth-order valence-corrected chi connectivity index (χ4v) is 16.8. The van der Waals surface area contributed by atoms with Crippen molar-refractivity contribution < 1.29 is 47.7 Å². The second-order valence-corrected chi connectivity index (χ2v) is 33.0. The number of Topliss-reactive ketones (excluding diaryl/α,β-unsaturated/α-hetero) is 2. The highest BCUT2D eigenvalue weighted by Crippen LogP contribution is 2.44. The molecule has 0 radical (unpaired) electrons. The number of pyridine rings is 4. The van der Waals surface area contributed by atoms with E-state index in [1.165, 1.54) is 7.11 Å². The first-order valence-electron chi connectivity index (χ1n) is 43.3. The average Bonchev–Trinajstić information content (AvgIpc) is 0.774. The van der Waals surface area contributed by atoms with E-state index >= 15 is 4.79 Å². The summed E-state index contributed by atoms with van der Waals surface area (Å²) in [5.74, 6) is 1.08. The Morgan fingerprint density at radius 1 is 0.426 bits per heavy atom. The van der Waals surface area contributed by atoms with Crippen LogP contribution in [-0.2, 0) is 103 Å². The molecular weight excluding hydrogens is 1570 g/mol. The van der Waals surface area contributed by atoms with E-state index in [1.807, 2.05) is 180 Å². The van der Waals surface area contributed by atoms with E-state index in [2.05, 4.69) is 47.2 Å². The van der Waals surface area contributed by atoms with Gasteiger partial charge in [0.25, 0.3) is 0 Å². The van der Waals surface area contributed by atoms with Crippen LogP contribution in [0.5, 0.6) is 5.75 Å². The number of anilines is 1. The molecule has 650 valence electrons. The van der Waals surface area contributed by atoms with Gasteiger partial charge in [-0.2, -0.15) is 0 Å². The standard InChI is InChI=1S/C99H119Cl2N9O10.2CH4/c1-4-6-10-30-90(111)66-85-27-22-28-88(104-85)73-107(71-86-25-12-18-54-102-86)67-77-63-78(68-108(72-87-26-13-19-55-103-87)74-89-29-23-32-93(105-89)106-94(113)33-11-7-5-2)65-91(64-77)120-59-21-20-56-109(96(115)98(50-14-8-15-51-98)81-42-46-83(100)47-43-81)69-75-34-38-79(39-35-75)92(112)31-24-58-118-61-62-119-60-57-110(70-76-36-40-80(41-37-76)95(114)117-3)97(116)99(52-16-9-17-53-99)82-44-48-84(101)49-45-82;;/h12-13,18-19,22-23,25-29,32,34-49,54-55,63-65H,4-11,14-17,20-21,24,30-31,33,50-53,56-62,66-74H2,1-3H3,(H,105,106,113);2*1H4. The fraction of sp³-hybridized carbons (Fsp3) is 0.446. The number of halogens is 2. The van der Waals surface area contributed by atoms with Crippen molar-refractivity contribution in [1.82, 2.24) is 39.5 Å². The molecule has 0 atom stereocenters. The number of benzene rings is 5. The van der Waals surface area contributed by atoms with Gasteiger partial charge in [-0.3, -0.25) is 48.7 Å². The van der Waals surface area contributed by atoms with Crippen molar-refractivity contribution in [3.8, 4) is 5.75 Å². The van der Waals surface area contributed by atoms with E-state index in [4.69, 9.17) is 62.1 Å². The van der Waals surface area contributed by atoms with Crippen molar-refractivity contribution in [2.45, 2.75) is 240 Å². The van der Waals surface area contributed by atoms with Crippen LogP contribution in [-0.4, -0.2) is 128 Å². The van der Waals surface area contributed by atoms with Crippen LogP contribution < -0.4 is 10.1 Å². The monoisotopic (exact) mass is 1700 g/mol. The third kappa shape index (κ3) is 29.7. The summed E-state index contributed by atoms with van der Waals surface area (Å²) in [6, 6.07) is 60.4. The lowest BCUT2D eigenvalue weighted by Gasteiger charge is -2.40. The Bertz CT molecular complexity index is 4550. The van der Waals surface area contributed by atoms with Gasteiger partial charge in [0.1, 0.15) is 17.4 Å². The van der Waals surface area contributed by atoms with E-state index in [1.54, 1.807) is 12.1 Å². The molecule has 2 fully saturated rings. The summed E-state index contributed by atoms with van der Waals surface area (Å²) >= 11 is 12.9. The fourth-order valence-electron chi connectivity index (χ4n) is 16.6. The lowest BCUT2D eigenvalue weighted by Crippen LogP contribution is -2.48. The molecule has 5 aromatic carbocycles. The number of methoxy groups -OCH3 is 1. The Morgan fingerprint density at radius 2 is 0.918 bits per heavy atom. The number of rotatable bonds is 49. The molecule has 0 saturated heterocycles. The number of unbranched alkanes of at least 4 members (excludes halogenated alkanes) is 5. The van der Waals surface area contributed by atoms with E-state index < -0.39 is 16.8 Å². The van der Waals surface area contributed by atoms with Crippen molar-refractivity contribution in [2.75, 3.05) is 58.6 Å². The van der Waals surface area contributed by atoms with Crippen molar-refractivity contribution in [2.24, 2.45) is 0 Å². The van der Waals surface area contributed by atoms with Gasteiger partial charge >= 0.3 is 5.97 Å². The van der Waals surface area contributed by atoms with Crippen LogP contribution in [0.3, 0.4) is 0 Å². The minimum atomic E-state index is -0.730. The lowest BCUT2D eigenvalue weighted by molar-refractivity contribution is -0.141. The molecule has 0 aliphatic heterocycles. The first-order chi connectivity index (χ1) is 58.5. The molecule has 19 nitrogen and oxygen atoms in total. The average molecular weight is 1700 g/mol. The number of hydrogen-bond donors (Lipinski definition) is 1. The Balaban J connectivity index is 0.00000845. The lowest BCUT2D eigenvalue weighted by atomic mass is 9.68. The number of esters is 1. The number of nitrogens with zero attached hydrogens (tertiary/aromatic N) is 8. The van der Waals surface area contributed by atoms with E-state index in [0.717, 1.165) is 165 Å².